The van der Waals surface area contributed by atoms with Gasteiger partial charge in [0.05, 0.1) is 11.7 Å². The topological polar surface area (TPSA) is 49.3 Å². The van der Waals surface area contributed by atoms with Crippen LogP contribution in [0.25, 0.3) is 0 Å². The van der Waals surface area contributed by atoms with Crippen LogP contribution >= 0.6 is 31.9 Å². The van der Waals surface area contributed by atoms with Crippen molar-refractivity contribution >= 4 is 37.8 Å². The number of amides is 1. The van der Waals surface area contributed by atoms with Gasteiger partial charge in [0.25, 0.3) is 5.91 Å². The molecule has 0 radical (unpaired) electrons. The van der Waals surface area contributed by atoms with Gasteiger partial charge < -0.3 is 10.4 Å². The van der Waals surface area contributed by atoms with Crippen LogP contribution in [0.5, 0.6) is 0 Å². The summed E-state index contributed by atoms with van der Waals surface area (Å²) in [4.78, 5) is 12.1. The summed E-state index contributed by atoms with van der Waals surface area (Å²) < 4.78 is 1.69. The molecule has 3 nitrogen and oxygen atoms in total. The Labute approximate surface area is 130 Å². The summed E-state index contributed by atoms with van der Waals surface area (Å²) >= 11 is 6.76. The third-order valence-corrected chi connectivity index (χ3v) is 4.73. The van der Waals surface area contributed by atoms with E-state index in [2.05, 4.69) is 37.2 Å². The molecule has 2 N–H and O–H groups in total. The quantitative estimate of drug-likeness (QED) is 0.829. The zero-order valence-corrected chi connectivity index (χ0v) is 13.7. The summed E-state index contributed by atoms with van der Waals surface area (Å²) in [6.45, 7) is 0.685. The molecule has 1 fully saturated rings. The summed E-state index contributed by atoms with van der Waals surface area (Å²) in [7, 11) is 0. The third kappa shape index (κ3) is 4.29. The van der Waals surface area contributed by atoms with Gasteiger partial charge in [-0.3, -0.25) is 4.79 Å². The lowest BCUT2D eigenvalue weighted by atomic mass is 9.87. The highest BCUT2D eigenvalue weighted by Crippen LogP contribution is 2.24. The van der Waals surface area contributed by atoms with Crippen molar-refractivity contribution in [2.24, 2.45) is 5.92 Å². The Morgan fingerprint density at radius 3 is 2.63 bits per heavy atom. The van der Waals surface area contributed by atoms with Gasteiger partial charge in [-0.05, 0) is 65.7 Å². The summed E-state index contributed by atoms with van der Waals surface area (Å²) in [5, 5.41) is 12.4. The maximum atomic E-state index is 12.1. The van der Waals surface area contributed by atoms with Crippen LogP contribution in [-0.4, -0.2) is 23.7 Å². The van der Waals surface area contributed by atoms with Crippen molar-refractivity contribution in [1.29, 1.82) is 0 Å². The first-order valence-electron chi connectivity index (χ1n) is 6.47. The lowest BCUT2D eigenvalue weighted by molar-refractivity contribution is 0.0909. The van der Waals surface area contributed by atoms with E-state index in [-0.39, 0.29) is 12.0 Å². The van der Waals surface area contributed by atoms with Crippen LogP contribution in [0.3, 0.4) is 0 Å². The molecular weight excluding hydrogens is 374 g/mol. The fraction of sp³-hybridized carbons (Fsp3) is 0.500. The number of aliphatic hydroxyl groups is 1. The number of rotatable bonds is 3. The molecule has 0 bridgehead atoms. The van der Waals surface area contributed by atoms with E-state index >= 15 is 0 Å². The normalized spacial score (nSPS) is 23.1. The Kier molecular flexibility index (Phi) is 5.42. The molecule has 1 amide bonds. The highest BCUT2D eigenvalue weighted by molar-refractivity contribution is 9.11. The highest BCUT2D eigenvalue weighted by atomic mass is 79.9. The smallest absolute Gasteiger partial charge is 0.252 e. The van der Waals surface area contributed by atoms with Crippen LogP contribution in [0.15, 0.2) is 27.1 Å². The second-order valence-electron chi connectivity index (χ2n) is 5.01. The standard InChI is InChI=1S/C14H17Br2NO2/c15-10-3-6-13(16)12(7-10)14(19)17-8-9-1-4-11(18)5-2-9/h3,6-7,9,11,18H,1-2,4-5,8H2,(H,17,19). The minimum atomic E-state index is -0.147. The zero-order chi connectivity index (χ0) is 13.8. The number of benzene rings is 1. The molecule has 0 saturated heterocycles. The molecule has 19 heavy (non-hydrogen) atoms. The molecular formula is C14H17Br2NO2. The predicted molar refractivity (Wildman–Crippen MR) is 82.1 cm³/mol. The van der Waals surface area contributed by atoms with Gasteiger partial charge in [0.2, 0.25) is 0 Å². The Bertz CT molecular complexity index is 457. The van der Waals surface area contributed by atoms with Crippen molar-refractivity contribution < 1.29 is 9.90 Å². The molecule has 0 spiro atoms. The molecule has 0 atom stereocenters. The molecule has 1 saturated carbocycles. The average Bonchev–Trinajstić information content (AvgIpc) is 2.40. The van der Waals surface area contributed by atoms with Crippen LogP contribution in [0.1, 0.15) is 36.0 Å². The van der Waals surface area contributed by atoms with Crippen LogP contribution in [0.4, 0.5) is 0 Å². The van der Waals surface area contributed by atoms with E-state index < -0.39 is 0 Å². The van der Waals surface area contributed by atoms with Gasteiger partial charge >= 0.3 is 0 Å². The van der Waals surface area contributed by atoms with E-state index in [1.165, 1.54) is 0 Å². The zero-order valence-electron chi connectivity index (χ0n) is 10.5. The van der Waals surface area contributed by atoms with E-state index in [1.54, 1.807) is 0 Å². The fourth-order valence-corrected chi connectivity index (χ4v) is 3.14. The molecule has 1 aromatic carbocycles. The van der Waals surface area contributed by atoms with E-state index in [4.69, 9.17) is 0 Å². The molecule has 0 aliphatic heterocycles. The minimum absolute atomic E-state index is 0.0562. The van der Waals surface area contributed by atoms with Crippen LogP contribution in [0.2, 0.25) is 0 Å². The molecule has 104 valence electrons. The van der Waals surface area contributed by atoms with E-state index in [9.17, 15) is 9.90 Å². The Morgan fingerprint density at radius 2 is 1.95 bits per heavy atom. The first-order valence-corrected chi connectivity index (χ1v) is 8.06. The molecule has 5 heteroatoms. The SMILES string of the molecule is O=C(NCC1CCC(O)CC1)c1cc(Br)ccc1Br. The number of nitrogens with one attached hydrogen (secondary N) is 1. The van der Waals surface area contributed by atoms with Gasteiger partial charge in [-0.15, -0.1) is 0 Å². The fourth-order valence-electron chi connectivity index (χ4n) is 2.35. The van der Waals surface area contributed by atoms with Crippen molar-refractivity contribution in [2.75, 3.05) is 6.54 Å². The predicted octanol–water partition coefficient (Wildman–Crippen LogP) is 3.49. The molecule has 0 aromatic heterocycles. The van der Waals surface area contributed by atoms with Crippen LogP contribution in [-0.2, 0) is 0 Å². The number of carbonyl (C=O) groups is 1. The summed E-state index contributed by atoms with van der Waals surface area (Å²) in [5.41, 5.74) is 0.644. The lowest BCUT2D eigenvalue weighted by Crippen LogP contribution is -2.32. The van der Waals surface area contributed by atoms with Crippen molar-refractivity contribution in [1.82, 2.24) is 5.32 Å². The minimum Gasteiger partial charge on any atom is -0.393 e. The van der Waals surface area contributed by atoms with Crippen LogP contribution in [0, 0.1) is 5.92 Å². The second kappa shape index (κ2) is 6.86. The molecule has 1 aliphatic carbocycles. The van der Waals surface area contributed by atoms with E-state index in [1.807, 2.05) is 18.2 Å². The Morgan fingerprint density at radius 1 is 1.26 bits per heavy atom. The van der Waals surface area contributed by atoms with Crippen molar-refractivity contribution in [3.05, 3.63) is 32.7 Å². The maximum absolute atomic E-state index is 12.1. The van der Waals surface area contributed by atoms with Crippen LogP contribution < -0.4 is 5.32 Å². The number of hydrogen-bond acceptors (Lipinski definition) is 2. The number of halogens is 2. The van der Waals surface area contributed by atoms with Crippen molar-refractivity contribution in [2.45, 2.75) is 31.8 Å². The summed E-state index contributed by atoms with van der Waals surface area (Å²) in [5.74, 6) is 0.428. The molecule has 0 unspecified atom stereocenters. The first kappa shape index (κ1) is 15.0. The van der Waals surface area contributed by atoms with Crippen molar-refractivity contribution in [3.8, 4) is 0 Å². The lowest BCUT2D eigenvalue weighted by Gasteiger charge is -2.25. The van der Waals surface area contributed by atoms with Gasteiger partial charge in [0.1, 0.15) is 0 Å². The second-order valence-corrected chi connectivity index (χ2v) is 6.78. The van der Waals surface area contributed by atoms with Crippen molar-refractivity contribution in [3.63, 3.8) is 0 Å². The largest absolute Gasteiger partial charge is 0.393 e. The monoisotopic (exact) mass is 389 g/mol. The average molecular weight is 391 g/mol. The van der Waals surface area contributed by atoms with Gasteiger partial charge in [-0.25, -0.2) is 0 Å². The Balaban J connectivity index is 1.89. The summed E-state index contributed by atoms with van der Waals surface area (Å²) in [6, 6.07) is 5.56. The number of carbonyl (C=O) groups excluding carboxylic acids is 1. The maximum Gasteiger partial charge on any atom is 0.252 e. The molecule has 1 aromatic rings. The molecule has 1 aliphatic rings. The van der Waals surface area contributed by atoms with Gasteiger partial charge in [-0.1, -0.05) is 15.9 Å². The van der Waals surface area contributed by atoms with Gasteiger partial charge in [0.15, 0.2) is 0 Å². The third-order valence-electron chi connectivity index (χ3n) is 3.54. The highest BCUT2D eigenvalue weighted by Gasteiger charge is 2.20. The summed E-state index contributed by atoms with van der Waals surface area (Å²) in [6.07, 6.45) is 3.52. The van der Waals surface area contributed by atoms with Gasteiger partial charge in [-0.2, -0.15) is 0 Å². The van der Waals surface area contributed by atoms with E-state index in [0.717, 1.165) is 34.6 Å². The van der Waals surface area contributed by atoms with E-state index in [0.29, 0.717) is 18.0 Å². The number of aliphatic hydroxyl groups excluding tert-OH is 1. The number of hydrogen-bond donors (Lipinski definition) is 2. The Hall–Kier alpha value is -0.390. The van der Waals surface area contributed by atoms with Gasteiger partial charge in [0, 0.05) is 15.5 Å². The molecule has 2 rings (SSSR count). The molecule has 0 heterocycles. The first-order chi connectivity index (χ1) is 9.06.